The molecule has 0 bridgehead atoms. The summed E-state index contributed by atoms with van der Waals surface area (Å²) >= 11 is 0. The molecule has 2 rings (SSSR count). The van der Waals surface area contributed by atoms with Gasteiger partial charge < -0.3 is 15.9 Å². The fraction of sp³-hybridized carbons (Fsp3) is 0.133. The Hall–Kier alpha value is -2.58. The molecule has 0 saturated carbocycles. The molecule has 2 aromatic carbocycles. The van der Waals surface area contributed by atoms with E-state index in [0.29, 0.717) is 0 Å². The van der Waals surface area contributed by atoms with Crippen molar-refractivity contribution in [3.63, 3.8) is 0 Å². The molecule has 8 heteroatoms. The zero-order valence-corrected chi connectivity index (χ0v) is 12.8. The molecule has 0 fully saturated rings. The first-order valence-corrected chi connectivity index (χ1v) is 8.15. The average Bonchev–Trinajstić information content (AvgIpc) is 2.50. The van der Waals surface area contributed by atoms with E-state index in [2.05, 4.69) is 4.72 Å². The zero-order valence-electron chi connectivity index (χ0n) is 12.0. The number of hydrogen-bond acceptors (Lipinski definition) is 5. The molecule has 7 nitrogen and oxygen atoms in total. The lowest BCUT2D eigenvalue weighted by atomic mass is 10.1. The second kappa shape index (κ2) is 6.67. The van der Waals surface area contributed by atoms with E-state index < -0.39 is 33.5 Å². The van der Waals surface area contributed by atoms with Crippen molar-refractivity contribution in [2.75, 3.05) is 0 Å². The van der Waals surface area contributed by atoms with Gasteiger partial charge in [-0.05, 0) is 24.1 Å². The van der Waals surface area contributed by atoms with Crippen LogP contribution < -0.4 is 10.5 Å². The molecule has 1 atom stereocenters. The van der Waals surface area contributed by atoms with Crippen molar-refractivity contribution in [1.82, 2.24) is 4.72 Å². The van der Waals surface area contributed by atoms with Crippen molar-refractivity contribution >= 4 is 15.9 Å². The molecule has 2 aromatic rings. The third-order valence-electron chi connectivity index (χ3n) is 3.18. The minimum Gasteiger partial charge on any atom is -0.504 e. The molecule has 0 saturated heterocycles. The van der Waals surface area contributed by atoms with Gasteiger partial charge >= 0.3 is 0 Å². The fourth-order valence-electron chi connectivity index (χ4n) is 1.98. The van der Waals surface area contributed by atoms with Crippen molar-refractivity contribution in [2.24, 2.45) is 5.73 Å². The van der Waals surface area contributed by atoms with Gasteiger partial charge in [-0.15, -0.1) is 0 Å². The SMILES string of the molecule is NC(=O)[C@H](Cc1ccccc1)NS(=O)(=O)c1ccc(O)c(O)c1. The molecule has 5 N–H and O–H groups in total. The highest BCUT2D eigenvalue weighted by Crippen LogP contribution is 2.27. The van der Waals surface area contributed by atoms with Crippen molar-refractivity contribution in [3.05, 3.63) is 54.1 Å². The summed E-state index contributed by atoms with van der Waals surface area (Å²) in [5.74, 6) is -1.84. The topological polar surface area (TPSA) is 130 Å². The fourth-order valence-corrected chi connectivity index (χ4v) is 3.20. The molecule has 0 aliphatic rings. The van der Waals surface area contributed by atoms with Gasteiger partial charge in [-0.1, -0.05) is 30.3 Å². The van der Waals surface area contributed by atoms with Gasteiger partial charge in [0.15, 0.2) is 11.5 Å². The van der Waals surface area contributed by atoms with Gasteiger partial charge in [-0.25, -0.2) is 8.42 Å². The number of phenols is 2. The van der Waals surface area contributed by atoms with Crippen molar-refractivity contribution in [3.8, 4) is 11.5 Å². The van der Waals surface area contributed by atoms with Gasteiger partial charge in [0.2, 0.25) is 15.9 Å². The minimum absolute atomic E-state index is 0.0967. The number of sulfonamides is 1. The van der Waals surface area contributed by atoms with E-state index in [1.165, 1.54) is 0 Å². The van der Waals surface area contributed by atoms with Crippen LogP contribution in [-0.2, 0) is 21.2 Å². The lowest BCUT2D eigenvalue weighted by Crippen LogP contribution is -2.45. The van der Waals surface area contributed by atoms with Crippen LogP contribution in [-0.4, -0.2) is 30.6 Å². The van der Waals surface area contributed by atoms with E-state index in [9.17, 15) is 23.4 Å². The first kappa shape index (κ1) is 16.8. The van der Waals surface area contributed by atoms with E-state index >= 15 is 0 Å². The molecule has 0 aliphatic carbocycles. The number of nitrogens with two attached hydrogens (primary N) is 1. The number of nitrogens with one attached hydrogen (secondary N) is 1. The molecule has 0 aliphatic heterocycles. The maximum absolute atomic E-state index is 12.3. The molecule has 23 heavy (non-hydrogen) atoms. The maximum Gasteiger partial charge on any atom is 0.241 e. The summed E-state index contributed by atoms with van der Waals surface area (Å²) in [6, 6.07) is 10.7. The maximum atomic E-state index is 12.3. The Bertz CT molecular complexity index is 806. The van der Waals surface area contributed by atoms with Crippen LogP contribution >= 0.6 is 0 Å². The number of aromatic hydroxyl groups is 2. The minimum atomic E-state index is -4.09. The number of amides is 1. The molecule has 0 unspecified atom stereocenters. The highest BCUT2D eigenvalue weighted by molar-refractivity contribution is 7.89. The summed E-state index contributed by atoms with van der Waals surface area (Å²) in [7, 11) is -4.09. The molecule has 0 aromatic heterocycles. The second-order valence-electron chi connectivity index (χ2n) is 4.92. The summed E-state index contributed by atoms with van der Waals surface area (Å²) in [6.07, 6.45) is 0.0967. The number of rotatable bonds is 6. The van der Waals surface area contributed by atoms with Gasteiger partial charge in [-0.3, -0.25) is 4.79 Å². The largest absolute Gasteiger partial charge is 0.504 e. The number of carbonyl (C=O) groups is 1. The summed E-state index contributed by atoms with van der Waals surface area (Å²) < 4.78 is 26.8. The highest BCUT2D eigenvalue weighted by Gasteiger charge is 2.25. The Labute approximate surface area is 133 Å². The number of primary amides is 1. The van der Waals surface area contributed by atoms with Gasteiger partial charge in [-0.2, -0.15) is 4.72 Å². The predicted molar refractivity (Wildman–Crippen MR) is 83.2 cm³/mol. The van der Waals surface area contributed by atoms with Gasteiger partial charge in [0, 0.05) is 6.07 Å². The average molecular weight is 336 g/mol. The van der Waals surface area contributed by atoms with E-state index in [4.69, 9.17) is 5.73 Å². The van der Waals surface area contributed by atoms with E-state index in [1.807, 2.05) is 0 Å². The summed E-state index contributed by atoms with van der Waals surface area (Å²) in [4.78, 5) is 11.3. The van der Waals surface area contributed by atoms with Crippen LogP contribution in [0.4, 0.5) is 0 Å². The normalized spacial score (nSPS) is 12.7. The Morgan fingerprint density at radius 2 is 1.74 bits per heavy atom. The first-order valence-electron chi connectivity index (χ1n) is 6.67. The van der Waals surface area contributed by atoms with Crippen LogP contribution in [0.5, 0.6) is 11.5 Å². The summed E-state index contributed by atoms with van der Waals surface area (Å²) in [5, 5.41) is 18.6. The Morgan fingerprint density at radius 1 is 1.09 bits per heavy atom. The third-order valence-corrected chi connectivity index (χ3v) is 4.65. The summed E-state index contributed by atoms with van der Waals surface area (Å²) in [6.45, 7) is 0. The molecule has 122 valence electrons. The van der Waals surface area contributed by atoms with Crippen LogP contribution in [0.3, 0.4) is 0 Å². The van der Waals surface area contributed by atoms with Gasteiger partial charge in [0.1, 0.15) is 6.04 Å². The number of hydrogen-bond donors (Lipinski definition) is 4. The molecule has 0 spiro atoms. The van der Waals surface area contributed by atoms with E-state index in [1.54, 1.807) is 30.3 Å². The molecule has 0 radical (unpaired) electrons. The van der Waals surface area contributed by atoms with E-state index in [0.717, 1.165) is 23.8 Å². The van der Waals surface area contributed by atoms with Gasteiger partial charge in [0.05, 0.1) is 4.90 Å². The van der Waals surface area contributed by atoms with Crippen LogP contribution in [0.25, 0.3) is 0 Å². The number of benzene rings is 2. The van der Waals surface area contributed by atoms with Crippen LogP contribution in [0.15, 0.2) is 53.4 Å². The smallest absolute Gasteiger partial charge is 0.241 e. The number of carbonyl (C=O) groups excluding carboxylic acids is 1. The Morgan fingerprint density at radius 3 is 2.30 bits per heavy atom. The molecular formula is C15H16N2O5S. The second-order valence-corrected chi connectivity index (χ2v) is 6.63. The molecule has 1 amide bonds. The Kier molecular flexibility index (Phi) is 4.87. The quantitative estimate of drug-likeness (QED) is 0.570. The summed E-state index contributed by atoms with van der Waals surface area (Å²) in [5.41, 5.74) is 6.01. The standard InChI is InChI=1S/C15H16N2O5S/c16-15(20)12(8-10-4-2-1-3-5-10)17-23(21,22)11-6-7-13(18)14(19)9-11/h1-7,9,12,17-19H,8H2,(H2,16,20)/t12-/m0/s1. The van der Waals surface area contributed by atoms with Gasteiger partial charge in [0.25, 0.3) is 0 Å². The lowest BCUT2D eigenvalue weighted by molar-refractivity contribution is -0.119. The molecular weight excluding hydrogens is 320 g/mol. The van der Waals surface area contributed by atoms with Crippen molar-refractivity contribution in [1.29, 1.82) is 0 Å². The van der Waals surface area contributed by atoms with Crippen molar-refractivity contribution in [2.45, 2.75) is 17.4 Å². The Balaban J connectivity index is 2.24. The van der Waals surface area contributed by atoms with Crippen molar-refractivity contribution < 1.29 is 23.4 Å². The van der Waals surface area contributed by atoms with Crippen LogP contribution in [0.1, 0.15) is 5.56 Å². The predicted octanol–water partition coefficient (Wildman–Crippen LogP) is 0.473. The number of phenolic OH excluding ortho intramolecular Hbond substituents is 2. The zero-order chi connectivity index (χ0) is 17.0. The monoisotopic (exact) mass is 336 g/mol. The lowest BCUT2D eigenvalue weighted by Gasteiger charge is -2.16. The molecule has 0 heterocycles. The van der Waals surface area contributed by atoms with E-state index in [-0.39, 0.29) is 11.3 Å². The van der Waals surface area contributed by atoms with Crippen LogP contribution in [0, 0.1) is 0 Å². The van der Waals surface area contributed by atoms with Crippen LogP contribution in [0.2, 0.25) is 0 Å². The third kappa shape index (κ3) is 4.21. The highest BCUT2D eigenvalue weighted by atomic mass is 32.2. The first-order chi connectivity index (χ1) is 10.8.